The van der Waals surface area contributed by atoms with E-state index in [1.165, 1.54) is 12.1 Å². The van der Waals surface area contributed by atoms with Crippen LogP contribution >= 0.6 is 11.6 Å². The molecule has 1 aromatic rings. The monoisotopic (exact) mass is 269 g/mol. The summed E-state index contributed by atoms with van der Waals surface area (Å²) in [6.45, 7) is 2.65. The Morgan fingerprint density at radius 1 is 1.61 bits per heavy atom. The number of benzene rings is 1. The van der Waals surface area contributed by atoms with E-state index >= 15 is 0 Å². The van der Waals surface area contributed by atoms with E-state index in [1.54, 1.807) is 6.07 Å². The number of carbonyl (C=O) groups excluding carboxylic acids is 1. The lowest BCUT2D eigenvalue weighted by atomic mass is 10.1. The summed E-state index contributed by atoms with van der Waals surface area (Å²) in [5.74, 6) is -0.424. The van der Waals surface area contributed by atoms with Crippen LogP contribution in [0.5, 0.6) is 5.75 Å². The molecule has 0 aliphatic carbocycles. The van der Waals surface area contributed by atoms with Gasteiger partial charge in [0.2, 0.25) is 0 Å². The number of halogens is 1. The number of rotatable bonds is 3. The average Bonchev–Trinajstić information content (AvgIpc) is 2.81. The lowest BCUT2D eigenvalue weighted by Gasteiger charge is -2.20. The van der Waals surface area contributed by atoms with Gasteiger partial charge in [0.05, 0.1) is 17.7 Å². The van der Waals surface area contributed by atoms with Crippen molar-refractivity contribution in [3.8, 4) is 5.75 Å². The third-order valence-corrected chi connectivity index (χ3v) is 3.32. The van der Waals surface area contributed by atoms with Gasteiger partial charge in [0.15, 0.2) is 0 Å². The minimum absolute atomic E-state index is 0.0587. The van der Waals surface area contributed by atoms with Crippen LogP contribution in [-0.2, 0) is 4.74 Å². The maximum atomic E-state index is 12.0. The van der Waals surface area contributed by atoms with Crippen molar-refractivity contribution < 1.29 is 14.6 Å². The molecular formula is C13H16ClNO3. The van der Waals surface area contributed by atoms with Gasteiger partial charge in [-0.15, -0.1) is 0 Å². The lowest BCUT2D eigenvalue weighted by Crippen LogP contribution is -2.40. The highest BCUT2D eigenvalue weighted by atomic mass is 35.5. The second-order valence-electron chi connectivity index (χ2n) is 4.48. The molecule has 2 atom stereocenters. The van der Waals surface area contributed by atoms with Gasteiger partial charge in [0, 0.05) is 11.6 Å². The summed E-state index contributed by atoms with van der Waals surface area (Å²) in [7, 11) is 0. The maximum absolute atomic E-state index is 12.0. The van der Waals surface area contributed by atoms with Crippen LogP contribution in [0.1, 0.15) is 30.1 Å². The number of amides is 1. The molecule has 1 aromatic carbocycles. The fourth-order valence-corrected chi connectivity index (χ4v) is 2.24. The fourth-order valence-electron chi connectivity index (χ4n) is 2.07. The third-order valence-electron chi connectivity index (χ3n) is 3.09. The first-order valence-corrected chi connectivity index (χ1v) is 6.36. The molecule has 4 nitrogen and oxygen atoms in total. The second kappa shape index (κ2) is 5.59. The summed E-state index contributed by atoms with van der Waals surface area (Å²) >= 11 is 5.72. The Morgan fingerprint density at radius 2 is 2.39 bits per heavy atom. The van der Waals surface area contributed by atoms with Crippen LogP contribution in [0.15, 0.2) is 18.2 Å². The molecule has 5 heteroatoms. The van der Waals surface area contributed by atoms with Gasteiger partial charge in [0.1, 0.15) is 5.75 Å². The molecule has 0 bridgehead atoms. The van der Waals surface area contributed by atoms with E-state index in [0.29, 0.717) is 5.02 Å². The molecule has 18 heavy (non-hydrogen) atoms. The zero-order valence-electron chi connectivity index (χ0n) is 10.1. The van der Waals surface area contributed by atoms with Crippen LogP contribution in [-0.4, -0.2) is 29.8 Å². The molecule has 1 aliphatic heterocycles. The Kier molecular flexibility index (Phi) is 4.09. The van der Waals surface area contributed by atoms with Gasteiger partial charge in [-0.3, -0.25) is 4.79 Å². The van der Waals surface area contributed by atoms with Gasteiger partial charge >= 0.3 is 0 Å². The summed E-state index contributed by atoms with van der Waals surface area (Å²) in [5.41, 5.74) is 0.226. The number of hydrogen-bond acceptors (Lipinski definition) is 3. The van der Waals surface area contributed by atoms with Crippen LogP contribution in [0.2, 0.25) is 5.02 Å². The van der Waals surface area contributed by atoms with E-state index in [-0.39, 0.29) is 29.4 Å². The molecule has 1 aliphatic rings. The largest absolute Gasteiger partial charge is 0.507 e. The molecule has 1 heterocycles. The highest BCUT2D eigenvalue weighted by Crippen LogP contribution is 2.22. The Balaban J connectivity index is 2.02. The molecule has 0 saturated carbocycles. The highest BCUT2D eigenvalue weighted by Gasteiger charge is 2.24. The molecular weight excluding hydrogens is 254 g/mol. The summed E-state index contributed by atoms with van der Waals surface area (Å²) in [6.07, 6.45) is 2.04. The zero-order chi connectivity index (χ0) is 13.1. The van der Waals surface area contributed by atoms with E-state index in [0.717, 1.165) is 19.4 Å². The van der Waals surface area contributed by atoms with Crippen LogP contribution in [0.4, 0.5) is 0 Å². The van der Waals surface area contributed by atoms with E-state index in [9.17, 15) is 9.90 Å². The van der Waals surface area contributed by atoms with Gasteiger partial charge in [-0.25, -0.2) is 0 Å². The zero-order valence-corrected chi connectivity index (χ0v) is 10.9. The normalized spacial score (nSPS) is 20.7. The average molecular weight is 270 g/mol. The number of ether oxygens (including phenoxy) is 1. The molecule has 0 spiro atoms. The van der Waals surface area contributed by atoms with Crippen LogP contribution < -0.4 is 5.32 Å². The number of hydrogen-bond donors (Lipinski definition) is 2. The van der Waals surface area contributed by atoms with Crippen molar-refractivity contribution in [2.24, 2.45) is 0 Å². The maximum Gasteiger partial charge on any atom is 0.255 e. The van der Waals surface area contributed by atoms with E-state index < -0.39 is 0 Å². The van der Waals surface area contributed by atoms with Crippen LogP contribution in [0, 0.1) is 0 Å². The highest BCUT2D eigenvalue weighted by molar-refractivity contribution is 6.30. The third kappa shape index (κ3) is 2.94. The topological polar surface area (TPSA) is 58.6 Å². The van der Waals surface area contributed by atoms with Crippen molar-refractivity contribution in [1.82, 2.24) is 5.32 Å². The van der Waals surface area contributed by atoms with Crippen molar-refractivity contribution in [2.75, 3.05) is 6.61 Å². The quantitative estimate of drug-likeness (QED) is 0.886. The van der Waals surface area contributed by atoms with Gasteiger partial charge in [-0.05, 0) is 38.0 Å². The molecule has 98 valence electrons. The van der Waals surface area contributed by atoms with E-state index in [2.05, 4.69) is 5.32 Å². The first-order valence-electron chi connectivity index (χ1n) is 5.99. The standard InChI is InChI=1S/C13H16ClNO3/c1-8(12-3-2-6-18-12)15-13(17)10-5-4-9(14)7-11(10)16/h4-5,7-8,12,16H,2-3,6H2,1H3,(H,15,17). The van der Waals surface area contributed by atoms with Gasteiger partial charge < -0.3 is 15.2 Å². The number of phenols is 1. The number of carbonyl (C=O) groups is 1. The Labute approximate surface area is 111 Å². The first kappa shape index (κ1) is 13.2. The molecule has 0 radical (unpaired) electrons. The smallest absolute Gasteiger partial charge is 0.255 e. The number of aromatic hydroxyl groups is 1. The van der Waals surface area contributed by atoms with Gasteiger partial charge in [-0.1, -0.05) is 11.6 Å². The summed E-state index contributed by atoms with van der Waals surface area (Å²) in [4.78, 5) is 12.0. The van der Waals surface area contributed by atoms with Gasteiger partial charge in [0.25, 0.3) is 5.91 Å². The summed E-state index contributed by atoms with van der Waals surface area (Å²) < 4.78 is 5.50. The molecule has 2 N–H and O–H groups in total. The second-order valence-corrected chi connectivity index (χ2v) is 4.91. The van der Waals surface area contributed by atoms with E-state index in [1.807, 2.05) is 6.92 Å². The molecule has 1 fully saturated rings. The van der Waals surface area contributed by atoms with Crippen LogP contribution in [0.3, 0.4) is 0 Å². The molecule has 2 unspecified atom stereocenters. The molecule has 2 rings (SSSR count). The van der Waals surface area contributed by atoms with Crippen LogP contribution in [0.25, 0.3) is 0 Å². The predicted octanol–water partition coefficient (Wildman–Crippen LogP) is 2.34. The Hall–Kier alpha value is -1.26. The van der Waals surface area contributed by atoms with Crippen molar-refractivity contribution >= 4 is 17.5 Å². The van der Waals surface area contributed by atoms with E-state index in [4.69, 9.17) is 16.3 Å². The van der Waals surface area contributed by atoms with Gasteiger partial charge in [-0.2, -0.15) is 0 Å². The lowest BCUT2D eigenvalue weighted by molar-refractivity contribution is 0.0711. The number of nitrogens with one attached hydrogen (secondary N) is 1. The summed E-state index contributed by atoms with van der Waals surface area (Å²) in [6, 6.07) is 4.37. The molecule has 1 amide bonds. The predicted molar refractivity (Wildman–Crippen MR) is 69.0 cm³/mol. The fraction of sp³-hybridized carbons (Fsp3) is 0.462. The minimum Gasteiger partial charge on any atom is -0.507 e. The minimum atomic E-state index is -0.313. The van der Waals surface area contributed by atoms with Crippen molar-refractivity contribution in [3.05, 3.63) is 28.8 Å². The SMILES string of the molecule is CC(NC(=O)c1ccc(Cl)cc1O)C1CCCO1. The molecule has 0 aromatic heterocycles. The van der Waals surface area contributed by atoms with Crippen molar-refractivity contribution in [2.45, 2.75) is 31.9 Å². The Morgan fingerprint density at radius 3 is 3.00 bits per heavy atom. The van der Waals surface area contributed by atoms with Crippen molar-refractivity contribution in [3.63, 3.8) is 0 Å². The first-order chi connectivity index (χ1) is 8.58. The Bertz CT molecular complexity index is 444. The van der Waals surface area contributed by atoms with Crippen molar-refractivity contribution in [1.29, 1.82) is 0 Å². The molecule has 1 saturated heterocycles. The summed E-state index contributed by atoms with van der Waals surface area (Å²) in [5, 5.41) is 12.9. The number of phenolic OH excluding ortho intramolecular Hbond substituents is 1.